The molecular formula is C20H27N3O3S. The summed E-state index contributed by atoms with van der Waals surface area (Å²) in [6.45, 7) is 2.17. The summed E-state index contributed by atoms with van der Waals surface area (Å²) in [5.41, 5.74) is 0.508. The number of ether oxygens (including phenoxy) is 2. The molecule has 0 unspecified atom stereocenters. The van der Waals surface area contributed by atoms with Gasteiger partial charge in [0.1, 0.15) is 5.01 Å². The van der Waals surface area contributed by atoms with Crippen LogP contribution < -0.4 is 14.8 Å². The normalized spacial score (nSPS) is 14.3. The molecule has 1 aliphatic rings. The van der Waals surface area contributed by atoms with Gasteiger partial charge in [-0.3, -0.25) is 10.1 Å². The predicted octanol–water partition coefficient (Wildman–Crippen LogP) is 4.85. The number of unbranched alkanes of at least 4 members (excludes halogenated alkanes) is 2. The number of nitrogens with one attached hydrogen (secondary N) is 1. The zero-order valence-electron chi connectivity index (χ0n) is 16.0. The number of amides is 1. The fourth-order valence-electron chi connectivity index (χ4n) is 3.19. The van der Waals surface area contributed by atoms with Crippen LogP contribution in [0.2, 0.25) is 0 Å². The molecule has 0 atom stereocenters. The van der Waals surface area contributed by atoms with E-state index in [1.807, 2.05) is 6.07 Å². The van der Waals surface area contributed by atoms with Crippen molar-refractivity contribution in [1.82, 2.24) is 10.2 Å². The van der Waals surface area contributed by atoms with Gasteiger partial charge in [0.15, 0.2) is 11.5 Å². The van der Waals surface area contributed by atoms with Crippen molar-refractivity contribution in [3.05, 3.63) is 28.8 Å². The zero-order chi connectivity index (χ0) is 19.1. The lowest BCUT2D eigenvalue weighted by Crippen LogP contribution is -2.14. The van der Waals surface area contributed by atoms with Crippen molar-refractivity contribution >= 4 is 22.4 Å². The molecule has 0 bridgehead atoms. The second-order valence-electron chi connectivity index (χ2n) is 6.80. The van der Waals surface area contributed by atoms with Gasteiger partial charge in [-0.05, 0) is 50.3 Å². The molecule has 1 saturated carbocycles. The van der Waals surface area contributed by atoms with Gasteiger partial charge in [0.2, 0.25) is 5.13 Å². The quantitative estimate of drug-likeness (QED) is 0.621. The van der Waals surface area contributed by atoms with Crippen molar-refractivity contribution in [3.63, 3.8) is 0 Å². The minimum atomic E-state index is -0.225. The summed E-state index contributed by atoms with van der Waals surface area (Å²) in [6, 6.07) is 5.27. The molecule has 0 saturated heterocycles. The fourth-order valence-corrected chi connectivity index (χ4v) is 3.97. The molecule has 1 amide bonds. The summed E-state index contributed by atoms with van der Waals surface area (Å²) >= 11 is 1.43. The number of carbonyl (C=O) groups is 1. The summed E-state index contributed by atoms with van der Waals surface area (Å²) in [4.78, 5) is 12.5. The zero-order valence-corrected chi connectivity index (χ0v) is 16.8. The van der Waals surface area contributed by atoms with E-state index in [0.29, 0.717) is 22.2 Å². The Morgan fingerprint density at radius 1 is 1.22 bits per heavy atom. The number of hydrogen-bond donors (Lipinski definition) is 1. The molecule has 146 valence electrons. The van der Waals surface area contributed by atoms with E-state index in [4.69, 9.17) is 9.47 Å². The van der Waals surface area contributed by atoms with Crippen molar-refractivity contribution < 1.29 is 14.3 Å². The lowest BCUT2D eigenvalue weighted by molar-refractivity contribution is 0.102. The Morgan fingerprint density at radius 2 is 2.04 bits per heavy atom. The van der Waals surface area contributed by atoms with Crippen molar-refractivity contribution in [3.8, 4) is 11.5 Å². The Bertz CT molecular complexity index is 757. The maximum atomic E-state index is 12.5. The minimum Gasteiger partial charge on any atom is -0.493 e. The van der Waals surface area contributed by atoms with E-state index in [1.165, 1.54) is 37.0 Å². The summed E-state index contributed by atoms with van der Waals surface area (Å²) in [5.74, 6) is 1.04. The van der Waals surface area contributed by atoms with Crippen LogP contribution in [0.15, 0.2) is 18.2 Å². The Hall–Kier alpha value is -2.15. The van der Waals surface area contributed by atoms with Gasteiger partial charge in [0.25, 0.3) is 5.91 Å². The molecule has 27 heavy (non-hydrogen) atoms. The minimum absolute atomic E-state index is 0.225. The van der Waals surface area contributed by atoms with Crippen LogP contribution in [0.25, 0.3) is 0 Å². The van der Waals surface area contributed by atoms with E-state index >= 15 is 0 Å². The summed E-state index contributed by atoms with van der Waals surface area (Å²) in [5, 5.41) is 12.5. The van der Waals surface area contributed by atoms with Gasteiger partial charge in [0.05, 0.1) is 13.2 Å². The van der Waals surface area contributed by atoms with Crippen LogP contribution in [0.4, 0.5) is 5.13 Å². The van der Waals surface area contributed by atoms with Crippen molar-refractivity contribution in [2.45, 2.75) is 64.4 Å². The Balaban J connectivity index is 1.62. The van der Waals surface area contributed by atoms with Gasteiger partial charge in [-0.25, -0.2) is 0 Å². The van der Waals surface area contributed by atoms with Gasteiger partial charge in [-0.15, -0.1) is 10.2 Å². The molecule has 1 fully saturated rings. The third kappa shape index (κ3) is 5.42. The molecule has 6 nitrogen and oxygen atoms in total. The Kier molecular flexibility index (Phi) is 7.04. The van der Waals surface area contributed by atoms with Gasteiger partial charge in [0, 0.05) is 12.0 Å². The molecule has 0 aliphatic heterocycles. The van der Waals surface area contributed by atoms with Crippen LogP contribution in [-0.2, 0) is 6.42 Å². The van der Waals surface area contributed by atoms with E-state index in [9.17, 15) is 4.79 Å². The van der Waals surface area contributed by atoms with Crippen LogP contribution in [0.5, 0.6) is 11.5 Å². The average molecular weight is 390 g/mol. The highest BCUT2D eigenvalue weighted by Crippen LogP contribution is 2.32. The van der Waals surface area contributed by atoms with E-state index in [0.717, 1.165) is 30.7 Å². The van der Waals surface area contributed by atoms with Crippen molar-refractivity contribution in [1.29, 1.82) is 0 Å². The molecule has 1 aromatic carbocycles. The number of methoxy groups -OCH3 is 1. The molecule has 2 aromatic rings. The third-order valence-corrected chi connectivity index (χ3v) is 5.60. The van der Waals surface area contributed by atoms with Crippen LogP contribution in [0.1, 0.15) is 67.2 Å². The van der Waals surface area contributed by atoms with E-state index in [1.54, 1.807) is 19.2 Å². The average Bonchev–Trinajstić information content (AvgIpc) is 3.34. The maximum absolute atomic E-state index is 12.5. The largest absolute Gasteiger partial charge is 0.493 e. The van der Waals surface area contributed by atoms with E-state index in [2.05, 4.69) is 22.4 Å². The van der Waals surface area contributed by atoms with Gasteiger partial charge < -0.3 is 9.47 Å². The first kappa shape index (κ1) is 19.6. The second kappa shape index (κ2) is 9.69. The number of rotatable bonds is 9. The van der Waals surface area contributed by atoms with Crippen LogP contribution in [0, 0.1) is 0 Å². The lowest BCUT2D eigenvalue weighted by atomic mass is 10.2. The first-order valence-electron chi connectivity index (χ1n) is 9.68. The van der Waals surface area contributed by atoms with Gasteiger partial charge >= 0.3 is 0 Å². The highest BCUT2D eigenvalue weighted by Gasteiger charge is 2.19. The molecule has 0 radical (unpaired) electrons. The van der Waals surface area contributed by atoms with E-state index in [-0.39, 0.29) is 12.0 Å². The Morgan fingerprint density at radius 3 is 2.78 bits per heavy atom. The van der Waals surface area contributed by atoms with Crippen molar-refractivity contribution in [2.24, 2.45) is 0 Å². The molecule has 1 aromatic heterocycles. The fraction of sp³-hybridized carbons (Fsp3) is 0.550. The molecule has 3 rings (SSSR count). The molecule has 0 spiro atoms. The number of aromatic nitrogens is 2. The third-order valence-electron chi connectivity index (χ3n) is 4.70. The van der Waals surface area contributed by atoms with Gasteiger partial charge in [-0.1, -0.05) is 31.1 Å². The summed E-state index contributed by atoms with van der Waals surface area (Å²) < 4.78 is 11.4. The van der Waals surface area contributed by atoms with Crippen LogP contribution in [0.3, 0.4) is 0 Å². The topological polar surface area (TPSA) is 73.3 Å². The number of carbonyl (C=O) groups excluding carboxylic acids is 1. The van der Waals surface area contributed by atoms with E-state index < -0.39 is 0 Å². The lowest BCUT2D eigenvalue weighted by Gasteiger charge is -2.16. The van der Waals surface area contributed by atoms with Crippen molar-refractivity contribution in [2.75, 3.05) is 12.4 Å². The monoisotopic (exact) mass is 389 g/mol. The van der Waals surface area contributed by atoms with Gasteiger partial charge in [-0.2, -0.15) is 0 Å². The standard InChI is InChI=1S/C20H27N3O3S/c1-3-4-5-10-18-22-23-20(27-18)21-19(24)14-11-12-16(17(13-14)25-2)26-15-8-6-7-9-15/h11-13,15H,3-10H2,1-2H3,(H,21,23,24). The first-order chi connectivity index (χ1) is 13.2. The first-order valence-corrected chi connectivity index (χ1v) is 10.5. The number of nitrogens with zero attached hydrogens (tertiary/aromatic N) is 2. The summed E-state index contributed by atoms with van der Waals surface area (Å²) in [7, 11) is 1.59. The smallest absolute Gasteiger partial charge is 0.257 e. The molecule has 7 heteroatoms. The number of benzene rings is 1. The highest BCUT2D eigenvalue weighted by atomic mass is 32.1. The van der Waals surface area contributed by atoms with Crippen LogP contribution in [-0.4, -0.2) is 29.3 Å². The molecule has 1 N–H and O–H groups in total. The molecule has 1 heterocycles. The number of anilines is 1. The van der Waals surface area contributed by atoms with Crippen LogP contribution >= 0.6 is 11.3 Å². The number of aryl methyl sites for hydroxylation is 1. The summed E-state index contributed by atoms with van der Waals surface area (Å²) in [6.07, 6.45) is 9.14. The second-order valence-corrected chi connectivity index (χ2v) is 7.86. The molecular weight excluding hydrogens is 362 g/mol. The molecule has 1 aliphatic carbocycles. The maximum Gasteiger partial charge on any atom is 0.257 e. The SMILES string of the molecule is CCCCCc1nnc(NC(=O)c2ccc(OC3CCCC3)c(OC)c2)s1. The highest BCUT2D eigenvalue weighted by molar-refractivity contribution is 7.15. The predicted molar refractivity (Wildman–Crippen MR) is 107 cm³/mol. The number of hydrogen-bond acceptors (Lipinski definition) is 6. The Labute approximate surface area is 164 Å².